The highest BCUT2D eigenvalue weighted by molar-refractivity contribution is 5.26. The Kier molecular flexibility index (Phi) is 3.90. The number of hydrogen-bond acceptors (Lipinski definition) is 1. The van der Waals surface area contributed by atoms with E-state index in [9.17, 15) is 13.2 Å². The lowest BCUT2D eigenvalue weighted by atomic mass is 9.76. The molecule has 106 valence electrons. The van der Waals surface area contributed by atoms with E-state index in [0.29, 0.717) is 5.92 Å². The van der Waals surface area contributed by atoms with Crippen LogP contribution < -0.4 is 5.32 Å². The normalized spacial score (nSPS) is 23.5. The lowest BCUT2D eigenvalue weighted by Crippen LogP contribution is -2.59. The summed E-state index contributed by atoms with van der Waals surface area (Å²) in [4.78, 5) is 0. The van der Waals surface area contributed by atoms with E-state index >= 15 is 0 Å². The van der Waals surface area contributed by atoms with Gasteiger partial charge in [0.05, 0.1) is 5.56 Å². The van der Waals surface area contributed by atoms with Gasteiger partial charge < -0.3 is 5.32 Å². The Labute approximate surface area is 112 Å². The van der Waals surface area contributed by atoms with E-state index in [2.05, 4.69) is 19.2 Å². The number of nitrogens with one attached hydrogen (secondary N) is 1. The number of halogens is 3. The zero-order chi connectivity index (χ0) is 14.1. The molecule has 1 aromatic rings. The van der Waals surface area contributed by atoms with Crippen LogP contribution in [0.3, 0.4) is 0 Å². The van der Waals surface area contributed by atoms with Gasteiger partial charge in [0.15, 0.2) is 0 Å². The van der Waals surface area contributed by atoms with Crippen molar-refractivity contribution in [1.29, 1.82) is 0 Å². The van der Waals surface area contributed by atoms with Gasteiger partial charge >= 0.3 is 6.18 Å². The molecule has 4 heteroatoms. The van der Waals surface area contributed by atoms with Crippen molar-refractivity contribution in [3.05, 3.63) is 35.4 Å². The van der Waals surface area contributed by atoms with Crippen LogP contribution in [0.15, 0.2) is 24.3 Å². The van der Waals surface area contributed by atoms with Crippen molar-refractivity contribution in [1.82, 2.24) is 5.32 Å². The van der Waals surface area contributed by atoms with Gasteiger partial charge in [-0.15, -0.1) is 0 Å². The van der Waals surface area contributed by atoms with Crippen molar-refractivity contribution >= 4 is 0 Å². The third kappa shape index (κ3) is 3.50. The lowest BCUT2D eigenvalue weighted by Gasteiger charge is -2.45. The van der Waals surface area contributed by atoms with Gasteiger partial charge in [0, 0.05) is 5.54 Å². The highest BCUT2D eigenvalue weighted by Crippen LogP contribution is 2.33. The molecule has 0 amide bonds. The Hall–Kier alpha value is -1.03. The van der Waals surface area contributed by atoms with Gasteiger partial charge in [-0.25, -0.2) is 0 Å². The molecule has 1 fully saturated rings. The first-order chi connectivity index (χ1) is 8.81. The largest absolute Gasteiger partial charge is 0.416 e. The minimum atomic E-state index is -4.25. The van der Waals surface area contributed by atoms with E-state index in [0.717, 1.165) is 31.4 Å². The molecule has 1 saturated heterocycles. The standard InChI is InChI=1S/C15H20F3N/c1-11(2)9-14(7-8-19-14)10-12-3-5-13(6-4-12)15(16,17)18/h3-6,11,19H,7-10H2,1-2H3. The molecule has 0 bridgehead atoms. The third-order valence-electron chi connectivity index (χ3n) is 3.73. The van der Waals surface area contributed by atoms with Crippen LogP contribution in [0.2, 0.25) is 0 Å². The number of hydrogen-bond donors (Lipinski definition) is 1. The summed E-state index contributed by atoms with van der Waals surface area (Å²) in [7, 11) is 0. The summed E-state index contributed by atoms with van der Waals surface area (Å²) in [5.41, 5.74) is 0.491. The lowest BCUT2D eigenvalue weighted by molar-refractivity contribution is -0.137. The van der Waals surface area contributed by atoms with Crippen molar-refractivity contribution in [2.45, 2.75) is 44.8 Å². The molecule has 0 aromatic heterocycles. The van der Waals surface area contributed by atoms with E-state index in [4.69, 9.17) is 0 Å². The Morgan fingerprint density at radius 3 is 2.16 bits per heavy atom. The van der Waals surface area contributed by atoms with E-state index in [1.165, 1.54) is 12.1 Å². The van der Waals surface area contributed by atoms with Crippen LogP contribution in [-0.2, 0) is 12.6 Å². The fraction of sp³-hybridized carbons (Fsp3) is 0.600. The molecule has 1 heterocycles. The minimum Gasteiger partial charge on any atom is -0.311 e. The molecular formula is C15H20F3N. The van der Waals surface area contributed by atoms with Crippen molar-refractivity contribution < 1.29 is 13.2 Å². The van der Waals surface area contributed by atoms with Crippen molar-refractivity contribution in [3.63, 3.8) is 0 Å². The molecule has 2 rings (SSSR count). The number of benzene rings is 1. The Morgan fingerprint density at radius 2 is 1.79 bits per heavy atom. The fourth-order valence-electron chi connectivity index (χ4n) is 2.86. The van der Waals surface area contributed by atoms with E-state index in [1.807, 2.05) is 0 Å². The van der Waals surface area contributed by atoms with Crippen LogP contribution in [0.5, 0.6) is 0 Å². The summed E-state index contributed by atoms with van der Waals surface area (Å²) in [6.07, 6.45) is -1.27. The van der Waals surface area contributed by atoms with Gasteiger partial charge in [0.2, 0.25) is 0 Å². The Balaban J connectivity index is 2.06. The van der Waals surface area contributed by atoms with Crippen molar-refractivity contribution in [3.8, 4) is 0 Å². The topological polar surface area (TPSA) is 12.0 Å². The third-order valence-corrected chi connectivity index (χ3v) is 3.73. The summed E-state index contributed by atoms with van der Waals surface area (Å²) in [6, 6.07) is 5.56. The van der Waals surface area contributed by atoms with Gasteiger partial charge in [-0.05, 0) is 49.4 Å². The van der Waals surface area contributed by atoms with Crippen LogP contribution in [0, 0.1) is 5.92 Å². The molecule has 0 spiro atoms. The van der Waals surface area contributed by atoms with Crippen molar-refractivity contribution in [2.75, 3.05) is 6.54 Å². The molecule has 0 radical (unpaired) electrons. The first kappa shape index (κ1) is 14.4. The van der Waals surface area contributed by atoms with Gasteiger partial charge in [-0.1, -0.05) is 26.0 Å². The SMILES string of the molecule is CC(C)CC1(Cc2ccc(C(F)(F)F)cc2)CCN1. The van der Waals surface area contributed by atoms with Crippen LogP contribution in [0.1, 0.15) is 37.8 Å². The van der Waals surface area contributed by atoms with Crippen LogP contribution in [0.25, 0.3) is 0 Å². The van der Waals surface area contributed by atoms with Crippen molar-refractivity contribution in [2.24, 2.45) is 5.92 Å². The second kappa shape index (κ2) is 5.16. The summed E-state index contributed by atoms with van der Waals surface area (Å²) >= 11 is 0. The first-order valence-electron chi connectivity index (χ1n) is 6.72. The quantitative estimate of drug-likeness (QED) is 0.872. The molecule has 1 nitrogen and oxygen atoms in total. The average Bonchev–Trinajstić information content (AvgIpc) is 2.25. The highest BCUT2D eigenvalue weighted by Gasteiger charge is 2.37. The monoisotopic (exact) mass is 271 g/mol. The molecular weight excluding hydrogens is 251 g/mol. The highest BCUT2D eigenvalue weighted by atomic mass is 19.4. The first-order valence-corrected chi connectivity index (χ1v) is 6.72. The molecule has 1 aromatic carbocycles. The summed E-state index contributed by atoms with van der Waals surface area (Å²) in [5.74, 6) is 0.585. The molecule has 1 unspecified atom stereocenters. The molecule has 0 aliphatic carbocycles. The maximum atomic E-state index is 12.5. The second-order valence-corrected chi connectivity index (χ2v) is 5.93. The van der Waals surface area contributed by atoms with Gasteiger partial charge in [0.25, 0.3) is 0 Å². The zero-order valence-electron chi connectivity index (χ0n) is 11.3. The molecule has 1 aliphatic heterocycles. The summed E-state index contributed by atoms with van der Waals surface area (Å²) in [5, 5.41) is 3.46. The fourth-order valence-corrected chi connectivity index (χ4v) is 2.86. The zero-order valence-corrected chi connectivity index (χ0v) is 11.3. The molecule has 19 heavy (non-hydrogen) atoms. The maximum absolute atomic E-state index is 12.5. The molecule has 1 N–H and O–H groups in total. The minimum absolute atomic E-state index is 0.0912. The van der Waals surface area contributed by atoms with E-state index in [-0.39, 0.29) is 5.54 Å². The van der Waals surface area contributed by atoms with Gasteiger partial charge in [0.1, 0.15) is 0 Å². The number of alkyl halides is 3. The van der Waals surface area contributed by atoms with Gasteiger partial charge in [-0.2, -0.15) is 13.2 Å². The van der Waals surface area contributed by atoms with Crippen LogP contribution in [0.4, 0.5) is 13.2 Å². The Morgan fingerprint density at radius 1 is 1.21 bits per heavy atom. The van der Waals surface area contributed by atoms with E-state index < -0.39 is 11.7 Å². The summed E-state index contributed by atoms with van der Waals surface area (Å²) < 4.78 is 37.5. The van der Waals surface area contributed by atoms with E-state index in [1.54, 1.807) is 12.1 Å². The molecule has 0 saturated carbocycles. The predicted octanol–water partition coefficient (Wildman–Crippen LogP) is 4.03. The number of rotatable bonds is 4. The predicted molar refractivity (Wildman–Crippen MR) is 70.0 cm³/mol. The smallest absolute Gasteiger partial charge is 0.311 e. The Bertz CT molecular complexity index is 416. The van der Waals surface area contributed by atoms with Crippen LogP contribution >= 0.6 is 0 Å². The van der Waals surface area contributed by atoms with Crippen LogP contribution in [-0.4, -0.2) is 12.1 Å². The molecule has 1 aliphatic rings. The van der Waals surface area contributed by atoms with Gasteiger partial charge in [-0.3, -0.25) is 0 Å². The molecule has 1 atom stereocenters. The average molecular weight is 271 g/mol. The summed E-state index contributed by atoms with van der Waals surface area (Å²) in [6.45, 7) is 5.36. The second-order valence-electron chi connectivity index (χ2n) is 5.93. The maximum Gasteiger partial charge on any atom is 0.416 e.